The van der Waals surface area contributed by atoms with Gasteiger partial charge in [0.2, 0.25) is 15.9 Å². The fourth-order valence-corrected chi connectivity index (χ4v) is 4.64. The summed E-state index contributed by atoms with van der Waals surface area (Å²) in [6, 6.07) is 15.1. The Morgan fingerprint density at radius 1 is 1.04 bits per heavy atom. The lowest BCUT2D eigenvalue weighted by Gasteiger charge is -2.20. The predicted octanol–water partition coefficient (Wildman–Crippen LogP) is 2.80. The van der Waals surface area contributed by atoms with Crippen LogP contribution in [0.5, 0.6) is 0 Å². The Bertz CT molecular complexity index is 879. The summed E-state index contributed by atoms with van der Waals surface area (Å²) in [5.74, 6) is -0.135. The van der Waals surface area contributed by atoms with Crippen LogP contribution >= 0.6 is 0 Å². The summed E-state index contributed by atoms with van der Waals surface area (Å²) in [5.41, 5.74) is 2.46. The van der Waals surface area contributed by atoms with Gasteiger partial charge in [0.05, 0.1) is 11.4 Å². The molecule has 0 bridgehead atoms. The van der Waals surface area contributed by atoms with E-state index in [4.69, 9.17) is 0 Å². The Labute approximate surface area is 168 Å². The summed E-state index contributed by atoms with van der Waals surface area (Å²) in [6.45, 7) is 6.88. The van der Waals surface area contributed by atoms with Gasteiger partial charge in [0, 0.05) is 25.3 Å². The molecule has 7 heteroatoms. The fourth-order valence-electron chi connectivity index (χ4n) is 2.93. The van der Waals surface area contributed by atoms with Crippen LogP contribution in [0.4, 0.5) is 5.69 Å². The van der Waals surface area contributed by atoms with Crippen LogP contribution in [0.1, 0.15) is 25.0 Å². The number of aryl methyl sites for hydroxylation is 1. The van der Waals surface area contributed by atoms with E-state index in [1.807, 2.05) is 44.2 Å². The van der Waals surface area contributed by atoms with Crippen LogP contribution in [0.15, 0.2) is 53.4 Å². The van der Waals surface area contributed by atoms with Crippen molar-refractivity contribution >= 4 is 21.6 Å². The van der Waals surface area contributed by atoms with E-state index in [0.717, 1.165) is 6.42 Å². The number of nitrogens with zero attached hydrogens (tertiary/aromatic N) is 1. The summed E-state index contributed by atoms with van der Waals surface area (Å²) >= 11 is 0. The minimum atomic E-state index is -3.54. The molecule has 0 unspecified atom stereocenters. The standard InChI is InChI=1S/C21H29N3O3S/c1-4-24(5-2)28(26,27)20-15-19(12-11-17(20)3)23-16-21(25)22-14-13-18-9-7-6-8-10-18/h6-12,15,23H,4-5,13-14,16H2,1-3H3,(H,22,25). The van der Waals surface area contributed by atoms with Gasteiger partial charge in [-0.3, -0.25) is 4.79 Å². The highest BCUT2D eigenvalue weighted by molar-refractivity contribution is 7.89. The van der Waals surface area contributed by atoms with Crippen molar-refractivity contribution in [2.45, 2.75) is 32.1 Å². The van der Waals surface area contributed by atoms with E-state index >= 15 is 0 Å². The van der Waals surface area contributed by atoms with E-state index in [0.29, 0.717) is 30.9 Å². The molecule has 0 aliphatic rings. The molecule has 2 rings (SSSR count). The van der Waals surface area contributed by atoms with E-state index in [9.17, 15) is 13.2 Å². The Kier molecular flexibility index (Phi) is 8.02. The second kappa shape index (κ2) is 10.2. The molecule has 0 aliphatic carbocycles. The number of carbonyl (C=O) groups excluding carboxylic acids is 1. The topological polar surface area (TPSA) is 78.5 Å². The summed E-state index contributed by atoms with van der Waals surface area (Å²) in [7, 11) is -3.54. The molecular formula is C21H29N3O3S. The molecule has 1 amide bonds. The smallest absolute Gasteiger partial charge is 0.243 e. The van der Waals surface area contributed by atoms with Gasteiger partial charge >= 0.3 is 0 Å². The number of amides is 1. The van der Waals surface area contributed by atoms with Crippen molar-refractivity contribution in [2.24, 2.45) is 0 Å². The molecular weight excluding hydrogens is 374 g/mol. The van der Waals surface area contributed by atoms with Crippen LogP contribution in [0.2, 0.25) is 0 Å². The van der Waals surface area contributed by atoms with Gasteiger partial charge in [0.25, 0.3) is 0 Å². The van der Waals surface area contributed by atoms with Crippen LogP contribution in [0, 0.1) is 6.92 Å². The van der Waals surface area contributed by atoms with Gasteiger partial charge in [-0.2, -0.15) is 4.31 Å². The molecule has 152 valence electrons. The maximum absolute atomic E-state index is 12.8. The first kappa shape index (κ1) is 21.9. The average molecular weight is 404 g/mol. The van der Waals surface area contributed by atoms with Crippen molar-refractivity contribution < 1.29 is 13.2 Å². The Hall–Kier alpha value is -2.38. The number of sulfonamides is 1. The lowest BCUT2D eigenvalue weighted by Crippen LogP contribution is -2.32. The highest BCUT2D eigenvalue weighted by Gasteiger charge is 2.23. The second-order valence-electron chi connectivity index (χ2n) is 6.51. The van der Waals surface area contributed by atoms with Gasteiger partial charge < -0.3 is 10.6 Å². The molecule has 2 aromatic carbocycles. The van der Waals surface area contributed by atoms with Crippen LogP contribution < -0.4 is 10.6 Å². The zero-order valence-corrected chi connectivity index (χ0v) is 17.6. The molecule has 0 heterocycles. The highest BCUT2D eigenvalue weighted by Crippen LogP contribution is 2.23. The van der Waals surface area contributed by atoms with Crippen LogP contribution in [-0.4, -0.2) is 44.8 Å². The van der Waals surface area contributed by atoms with Crippen molar-refractivity contribution in [3.63, 3.8) is 0 Å². The van der Waals surface area contributed by atoms with Gasteiger partial charge in [-0.1, -0.05) is 50.2 Å². The minimum Gasteiger partial charge on any atom is -0.376 e. The van der Waals surface area contributed by atoms with Crippen LogP contribution in [0.3, 0.4) is 0 Å². The van der Waals surface area contributed by atoms with Gasteiger partial charge in [-0.05, 0) is 36.6 Å². The molecule has 0 aliphatic heterocycles. The van der Waals surface area contributed by atoms with E-state index in [1.165, 1.54) is 9.87 Å². The Morgan fingerprint density at radius 3 is 2.36 bits per heavy atom. The number of rotatable bonds is 10. The van der Waals surface area contributed by atoms with Crippen molar-refractivity contribution in [1.29, 1.82) is 0 Å². The molecule has 2 aromatic rings. The average Bonchev–Trinajstić information content (AvgIpc) is 2.68. The number of hydrogen-bond acceptors (Lipinski definition) is 4. The lowest BCUT2D eigenvalue weighted by atomic mass is 10.1. The van der Waals surface area contributed by atoms with Gasteiger partial charge in [-0.15, -0.1) is 0 Å². The maximum atomic E-state index is 12.8. The molecule has 0 aromatic heterocycles. The molecule has 0 saturated carbocycles. The molecule has 0 atom stereocenters. The molecule has 6 nitrogen and oxygen atoms in total. The molecule has 0 radical (unpaired) electrons. The zero-order chi connectivity index (χ0) is 20.6. The number of carbonyl (C=O) groups is 1. The van der Waals surface area contributed by atoms with Crippen molar-refractivity contribution in [1.82, 2.24) is 9.62 Å². The van der Waals surface area contributed by atoms with Gasteiger partial charge in [0.1, 0.15) is 0 Å². The molecule has 0 saturated heterocycles. The first-order valence-corrected chi connectivity index (χ1v) is 11.0. The maximum Gasteiger partial charge on any atom is 0.243 e. The van der Waals surface area contributed by atoms with E-state index in [2.05, 4.69) is 10.6 Å². The number of hydrogen-bond donors (Lipinski definition) is 2. The quantitative estimate of drug-likeness (QED) is 0.639. The first-order valence-electron chi connectivity index (χ1n) is 9.53. The normalized spacial score (nSPS) is 11.4. The van der Waals surface area contributed by atoms with Gasteiger partial charge in [0.15, 0.2) is 0 Å². The van der Waals surface area contributed by atoms with Crippen LogP contribution in [-0.2, 0) is 21.2 Å². The van der Waals surface area contributed by atoms with Crippen molar-refractivity contribution in [2.75, 3.05) is 31.5 Å². The molecule has 0 spiro atoms. The van der Waals surface area contributed by atoms with Crippen molar-refractivity contribution in [3.8, 4) is 0 Å². The van der Waals surface area contributed by atoms with E-state index in [1.54, 1.807) is 25.1 Å². The highest BCUT2D eigenvalue weighted by atomic mass is 32.2. The summed E-state index contributed by atoms with van der Waals surface area (Å²) in [4.78, 5) is 12.3. The third-order valence-electron chi connectivity index (χ3n) is 4.54. The SMILES string of the molecule is CCN(CC)S(=O)(=O)c1cc(NCC(=O)NCCc2ccccc2)ccc1C. The predicted molar refractivity (Wildman–Crippen MR) is 113 cm³/mol. The summed E-state index contributed by atoms with van der Waals surface area (Å²) < 4.78 is 27.0. The lowest BCUT2D eigenvalue weighted by molar-refractivity contribution is -0.119. The summed E-state index contributed by atoms with van der Waals surface area (Å²) in [6.07, 6.45) is 0.767. The molecule has 2 N–H and O–H groups in total. The largest absolute Gasteiger partial charge is 0.376 e. The second-order valence-corrected chi connectivity index (χ2v) is 8.42. The Balaban J connectivity index is 1.94. The molecule has 28 heavy (non-hydrogen) atoms. The van der Waals surface area contributed by atoms with Crippen molar-refractivity contribution in [3.05, 3.63) is 59.7 Å². The third-order valence-corrected chi connectivity index (χ3v) is 6.73. The number of anilines is 1. The third kappa shape index (κ3) is 5.81. The first-order chi connectivity index (χ1) is 13.4. The van der Waals surface area contributed by atoms with Gasteiger partial charge in [-0.25, -0.2) is 8.42 Å². The number of benzene rings is 2. The zero-order valence-electron chi connectivity index (χ0n) is 16.7. The number of nitrogens with one attached hydrogen (secondary N) is 2. The molecule has 0 fully saturated rings. The fraction of sp³-hybridized carbons (Fsp3) is 0.381. The van der Waals surface area contributed by atoms with Crippen LogP contribution in [0.25, 0.3) is 0 Å². The Morgan fingerprint density at radius 2 is 1.71 bits per heavy atom. The van der Waals surface area contributed by atoms with E-state index < -0.39 is 10.0 Å². The minimum absolute atomic E-state index is 0.0859. The van der Waals surface area contributed by atoms with E-state index in [-0.39, 0.29) is 17.3 Å². The summed E-state index contributed by atoms with van der Waals surface area (Å²) in [5, 5.41) is 5.88. The monoisotopic (exact) mass is 403 g/mol.